The minimum atomic E-state index is -0.993. The zero-order valence-electron chi connectivity index (χ0n) is 15.6. The van der Waals surface area contributed by atoms with E-state index >= 15 is 0 Å². The normalized spacial score (nSPS) is 33.8. The highest BCUT2D eigenvalue weighted by molar-refractivity contribution is 5.88. The third kappa shape index (κ3) is 2.41. The number of rotatable bonds is 3. The summed E-state index contributed by atoms with van der Waals surface area (Å²) in [7, 11) is 0. The zero-order valence-corrected chi connectivity index (χ0v) is 15.6. The second-order valence-electron chi connectivity index (χ2n) is 9.06. The maximum absolute atomic E-state index is 14.9. The van der Waals surface area contributed by atoms with Crippen molar-refractivity contribution in [3.63, 3.8) is 0 Å². The number of aromatic nitrogens is 1. The summed E-state index contributed by atoms with van der Waals surface area (Å²) in [4.78, 5) is 18.6. The molecule has 2 aliphatic carbocycles. The Hall–Kier alpha value is -1.84. The van der Waals surface area contributed by atoms with E-state index in [2.05, 4.69) is 48.1 Å². The van der Waals surface area contributed by atoms with Gasteiger partial charge in [0.2, 0.25) is 5.91 Å². The Labute approximate surface area is 154 Å². The molecular formula is C22H27FN2O. The van der Waals surface area contributed by atoms with E-state index in [4.69, 9.17) is 0 Å². The summed E-state index contributed by atoms with van der Waals surface area (Å²) in [6, 6.07) is 6.53. The van der Waals surface area contributed by atoms with Gasteiger partial charge in [-0.2, -0.15) is 0 Å². The molecule has 2 saturated carbocycles. The van der Waals surface area contributed by atoms with Gasteiger partial charge in [0.25, 0.3) is 0 Å². The monoisotopic (exact) mass is 354 g/mol. The number of fused-ring (bicyclic) bond motifs is 1. The van der Waals surface area contributed by atoms with Crippen molar-refractivity contribution in [3.05, 3.63) is 35.5 Å². The molecule has 1 N–H and O–H groups in total. The second kappa shape index (κ2) is 5.58. The van der Waals surface area contributed by atoms with Crippen molar-refractivity contribution in [2.45, 2.75) is 76.0 Å². The molecular weight excluding hydrogens is 327 g/mol. The number of carbonyl (C=O) groups excluding carboxylic acids is 1. The summed E-state index contributed by atoms with van der Waals surface area (Å²) in [6.45, 7) is 4.26. The van der Waals surface area contributed by atoms with Gasteiger partial charge in [-0.05, 0) is 55.2 Å². The summed E-state index contributed by atoms with van der Waals surface area (Å²) in [6.07, 6.45) is 6.44. The summed E-state index contributed by atoms with van der Waals surface area (Å²) in [5, 5.41) is 1.25. The van der Waals surface area contributed by atoms with E-state index in [1.54, 1.807) is 0 Å². The molecule has 1 amide bonds. The van der Waals surface area contributed by atoms with Crippen molar-refractivity contribution in [1.29, 1.82) is 0 Å². The topological polar surface area (TPSA) is 36.1 Å². The molecule has 0 radical (unpaired) electrons. The lowest BCUT2D eigenvalue weighted by molar-refractivity contribution is -0.160. The molecule has 1 aromatic heterocycles. The minimum Gasteiger partial charge on any atom is -0.361 e. The average Bonchev–Trinajstić information content (AvgIpc) is 2.98. The number of carbonyl (C=O) groups is 1. The van der Waals surface area contributed by atoms with Crippen molar-refractivity contribution >= 4 is 16.8 Å². The quantitative estimate of drug-likeness (QED) is 0.840. The van der Waals surface area contributed by atoms with Crippen LogP contribution in [-0.4, -0.2) is 33.5 Å². The number of nitrogens with zero attached hydrogens (tertiary/aromatic N) is 1. The summed E-state index contributed by atoms with van der Waals surface area (Å²) < 4.78 is 14.9. The van der Waals surface area contributed by atoms with Crippen LogP contribution in [0.3, 0.4) is 0 Å². The van der Waals surface area contributed by atoms with E-state index in [1.807, 2.05) is 0 Å². The van der Waals surface area contributed by atoms with Crippen LogP contribution in [0, 0.1) is 12.8 Å². The zero-order chi connectivity index (χ0) is 18.1. The number of halogens is 1. The van der Waals surface area contributed by atoms with E-state index in [1.165, 1.54) is 16.5 Å². The highest BCUT2D eigenvalue weighted by atomic mass is 19.1. The van der Waals surface area contributed by atoms with Gasteiger partial charge in [0.1, 0.15) is 5.67 Å². The van der Waals surface area contributed by atoms with Gasteiger partial charge in [-0.1, -0.05) is 19.1 Å². The van der Waals surface area contributed by atoms with Crippen LogP contribution >= 0.6 is 0 Å². The standard InChI is InChI=1S/C22H27FN2O/c1-13-4-3-5-19-21(13)18(12-24-19)14(2)6-20(26)25-16-7-15-8-17(25)11-22(23,9-15)10-16/h3-5,12,14-17,24H,6-11H2,1-2H3. The lowest BCUT2D eigenvalue weighted by Gasteiger charge is -2.58. The number of aromatic amines is 1. The molecule has 6 rings (SSSR count). The van der Waals surface area contributed by atoms with Gasteiger partial charge >= 0.3 is 0 Å². The molecule has 2 aliphatic heterocycles. The SMILES string of the molecule is Cc1cccc2[nH]cc(C(C)CC(=O)N3C4CC5CC3CC(F)(C5)C4)c12. The van der Waals surface area contributed by atoms with Crippen LogP contribution in [-0.2, 0) is 4.79 Å². The Morgan fingerprint density at radius 2 is 2.04 bits per heavy atom. The van der Waals surface area contributed by atoms with E-state index in [0.29, 0.717) is 25.2 Å². The van der Waals surface area contributed by atoms with Gasteiger partial charge < -0.3 is 9.88 Å². The van der Waals surface area contributed by atoms with Gasteiger partial charge in [-0.3, -0.25) is 4.79 Å². The first kappa shape index (κ1) is 16.3. The van der Waals surface area contributed by atoms with E-state index in [9.17, 15) is 9.18 Å². The molecule has 4 bridgehead atoms. The Kier molecular flexibility index (Phi) is 3.51. The van der Waals surface area contributed by atoms with Gasteiger partial charge in [0.05, 0.1) is 0 Å². The number of alkyl halides is 1. The van der Waals surface area contributed by atoms with Crippen molar-refractivity contribution in [2.75, 3.05) is 0 Å². The molecule has 3 atom stereocenters. The number of nitrogens with one attached hydrogen (secondary N) is 1. The average molecular weight is 354 g/mol. The smallest absolute Gasteiger partial charge is 0.223 e. The van der Waals surface area contributed by atoms with Crippen molar-refractivity contribution < 1.29 is 9.18 Å². The third-order valence-electron chi connectivity index (χ3n) is 7.10. The summed E-state index contributed by atoms with van der Waals surface area (Å²) in [5.74, 6) is 0.877. The van der Waals surface area contributed by atoms with Crippen LogP contribution in [0.1, 0.15) is 62.5 Å². The second-order valence-corrected chi connectivity index (χ2v) is 9.06. The lowest BCUT2D eigenvalue weighted by Crippen LogP contribution is -2.64. The molecule has 138 valence electrons. The molecule has 2 saturated heterocycles. The van der Waals surface area contributed by atoms with Crippen LogP contribution in [0.15, 0.2) is 24.4 Å². The van der Waals surface area contributed by atoms with Gasteiger partial charge in [-0.25, -0.2) is 4.39 Å². The van der Waals surface area contributed by atoms with Gasteiger partial charge in [0.15, 0.2) is 0 Å². The number of benzene rings is 1. The number of amides is 1. The Morgan fingerprint density at radius 1 is 1.31 bits per heavy atom. The lowest BCUT2D eigenvalue weighted by atomic mass is 9.62. The summed E-state index contributed by atoms with van der Waals surface area (Å²) in [5.41, 5.74) is 2.60. The van der Waals surface area contributed by atoms with Gasteiger partial charge in [-0.15, -0.1) is 0 Å². The van der Waals surface area contributed by atoms with Crippen molar-refractivity contribution in [2.24, 2.45) is 5.92 Å². The predicted molar refractivity (Wildman–Crippen MR) is 101 cm³/mol. The number of aryl methyl sites for hydroxylation is 1. The highest BCUT2D eigenvalue weighted by Crippen LogP contribution is 2.53. The molecule has 26 heavy (non-hydrogen) atoms. The Bertz CT molecular complexity index is 856. The third-order valence-corrected chi connectivity index (χ3v) is 7.10. The fourth-order valence-electron chi connectivity index (χ4n) is 6.21. The van der Waals surface area contributed by atoms with Gasteiger partial charge in [0, 0.05) is 48.4 Å². The first-order valence-corrected chi connectivity index (χ1v) is 10.0. The largest absolute Gasteiger partial charge is 0.361 e. The highest BCUT2D eigenvalue weighted by Gasteiger charge is 2.56. The molecule has 3 heterocycles. The fraction of sp³-hybridized carbons (Fsp3) is 0.591. The van der Waals surface area contributed by atoms with Crippen LogP contribution in [0.2, 0.25) is 0 Å². The summed E-state index contributed by atoms with van der Waals surface area (Å²) >= 11 is 0. The van der Waals surface area contributed by atoms with Crippen molar-refractivity contribution in [3.8, 4) is 0 Å². The number of hydrogen-bond donors (Lipinski definition) is 1. The van der Waals surface area contributed by atoms with Crippen LogP contribution in [0.4, 0.5) is 4.39 Å². The van der Waals surface area contributed by atoms with Crippen LogP contribution < -0.4 is 0 Å². The molecule has 3 nitrogen and oxygen atoms in total. The molecule has 4 aliphatic rings. The van der Waals surface area contributed by atoms with Crippen LogP contribution in [0.5, 0.6) is 0 Å². The van der Waals surface area contributed by atoms with E-state index < -0.39 is 5.67 Å². The first-order valence-electron chi connectivity index (χ1n) is 10.0. The number of hydrogen-bond acceptors (Lipinski definition) is 1. The number of piperidine rings is 2. The molecule has 4 fully saturated rings. The van der Waals surface area contributed by atoms with E-state index in [-0.39, 0.29) is 23.9 Å². The molecule has 0 spiro atoms. The fourth-order valence-corrected chi connectivity index (χ4v) is 6.21. The molecule has 4 heteroatoms. The molecule has 1 aromatic carbocycles. The Morgan fingerprint density at radius 3 is 2.73 bits per heavy atom. The minimum absolute atomic E-state index is 0.135. The van der Waals surface area contributed by atoms with Crippen LogP contribution in [0.25, 0.3) is 10.9 Å². The maximum atomic E-state index is 14.9. The maximum Gasteiger partial charge on any atom is 0.223 e. The predicted octanol–water partition coefficient (Wildman–Crippen LogP) is 4.85. The Balaban J connectivity index is 1.37. The van der Waals surface area contributed by atoms with Crippen molar-refractivity contribution in [1.82, 2.24) is 9.88 Å². The first-order chi connectivity index (χ1) is 12.4. The van der Waals surface area contributed by atoms with E-state index in [0.717, 1.165) is 24.8 Å². The molecule has 2 aromatic rings. The number of H-pyrrole nitrogens is 1. The molecule has 3 unspecified atom stereocenters.